The Morgan fingerprint density at radius 2 is 2.04 bits per heavy atom. The minimum atomic E-state index is -0.211. The van der Waals surface area contributed by atoms with E-state index in [1.165, 1.54) is 25.4 Å². The summed E-state index contributed by atoms with van der Waals surface area (Å²) in [5.41, 5.74) is 3.11. The maximum absolute atomic E-state index is 14.2. The topological polar surface area (TPSA) is 48.4 Å². The molecule has 0 atom stereocenters. The van der Waals surface area contributed by atoms with E-state index in [9.17, 15) is 9.18 Å². The smallest absolute Gasteiger partial charge is 0.213 e. The van der Waals surface area contributed by atoms with Crippen LogP contribution in [0.1, 0.15) is 41.6 Å². The second kappa shape index (κ2) is 7.92. The quantitative estimate of drug-likeness (QED) is 0.729. The van der Waals surface area contributed by atoms with E-state index in [0.29, 0.717) is 35.6 Å². The molecule has 0 spiro atoms. The number of ether oxygens (including phenoxy) is 2. The average molecular weight is 341 g/mol. The molecule has 4 nitrogen and oxygen atoms in total. The number of halogens is 1. The van der Waals surface area contributed by atoms with Crippen molar-refractivity contribution in [3.05, 3.63) is 59.0 Å². The van der Waals surface area contributed by atoms with E-state index in [4.69, 9.17) is 9.47 Å². The van der Waals surface area contributed by atoms with Gasteiger partial charge in [0.25, 0.3) is 0 Å². The van der Waals surface area contributed by atoms with Crippen LogP contribution in [-0.2, 0) is 0 Å². The molecule has 1 heterocycles. The summed E-state index contributed by atoms with van der Waals surface area (Å²) in [6.45, 7) is 0.318. The van der Waals surface area contributed by atoms with Crippen LogP contribution < -0.4 is 9.47 Å². The zero-order chi connectivity index (χ0) is 17.6. The fraction of sp³-hybridized carbons (Fsp3) is 0.300. The van der Waals surface area contributed by atoms with Gasteiger partial charge >= 0.3 is 0 Å². The number of pyridine rings is 1. The van der Waals surface area contributed by atoms with E-state index in [1.807, 2.05) is 12.1 Å². The second-order valence-electron chi connectivity index (χ2n) is 5.94. The molecule has 0 unspecified atom stereocenters. The van der Waals surface area contributed by atoms with Crippen LogP contribution in [0.2, 0.25) is 0 Å². The number of carbonyl (C=O) groups is 1. The van der Waals surface area contributed by atoms with Crippen molar-refractivity contribution in [1.29, 1.82) is 0 Å². The third-order valence-corrected chi connectivity index (χ3v) is 4.39. The van der Waals surface area contributed by atoms with Crippen LogP contribution in [0.15, 0.2) is 42.1 Å². The summed E-state index contributed by atoms with van der Waals surface area (Å²) in [6.07, 6.45) is 5.99. The van der Waals surface area contributed by atoms with Gasteiger partial charge in [-0.15, -0.1) is 0 Å². The largest absolute Gasteiger partial charge is 0.487 e. The molecule has 0 saturated carbocycles. The van der Waals surface area contributed by atoms with Crippen molar-refractivity contribution in [1.82, 2.24) is 4.98 Å². The Labute approximate surface area is 146 Å². The Morgan fingerprint density at radius 3 is 2.80 bits per heavy atom. The van der Waals surface area contributed by atoms with Crippen LogP contribution in [0.25, 0.3) is 5.57 Å². The zero-order valence-corrected chi connectivity index (χ0v) is 14.1. The summed E-state index contributed by atoms with van der Waals surface area (Å²) in [7, 11) is 1.49. The third kappa shape index (κ3) is 3.87. The number of hydrogen-bond donors (Lipinski definition) is 0. The lowest BCUT2D eigenvalue weighted by Crippen LogP contribution is -2.10. The zero-order valence-electron chi connectivity index (χ0n) is 14.1. The van der Waals surface area contributed by atoms with Gasteiger partial charge in [-0.1, -0.05) is 18.2 Å². The van der Waals surface area contributed by atoms with Gasteiger partial charge in [0.1, 0.15) is 18.2 Å². The predicted octanol–water partition coefficient (Wildman–Crippen LogP) is 4.45. The molecular weight excluding hydrogens is 321 g/mol. The first-order valence-electron chi connectivity index (χ1n) is 8.30. The van der Waals surface area contributed by atoms with E-state index in [1.54, 1.807) is 6.07 Å². The van der Waals surface area contributed by atoms with Crippen molar-refractivity contribution < 1.29 is 18.7 Å². The molecule has 2 aromatic rings. The van der Waals surface area contributed by atoms with Crippen LogP contribution in [-0.4, -0.2) is 25.0 Å². The van der Waals surface area contributed by atoms with Crippen molar-refractivity contribution >= 4 is 11.9 Å². The number of aldehydes is 1. The van der Waals surface area contributed by atoms with Gasteiger partial charge in [0.05, 0.1) is 18.9 Å². The molecule has 0 radical (unpaired) electrons. The molecule has 0 aliphatic heterocycles. The predicted molar refractivity (Wildman–Crippen MR) is 93.5 cm³/mol. The normalized spacial score (nSPS) is 14.3. The minimum absolute atomic E-state index is 0.211. The van der Waals surface area contributed by atoms with E-state index in [0.717, 1.165) is 36.8 Å². The highest BCUT2D eigenvalue weighted by Crippen LogP contribution is 2.34. The molecule has 0 saturated heterocycles. The van der Waals surface area contributed by atoms with E-state index in [-0.39, 0.29) is 5.82 Å². The lowest BCUT2D eigenvalue weighted by Gasteiger charge is -2.21. The second-order valence-corrected chi connectivity index (χ2v) is 5.94. The maximum Gasteiger partial charge on any atom is 0.213 e. The van der Waals surface area contributed by atoms with Crippen LogP contribution in [0, 0.1) is 5.82 Å². The molecule has 3 rings (SSSR count). The summed E-state index contributed by atoms with van der Waals surface area (Å²) in [6, 6.07) is 8.36. The van der Waals surface area contributed by atoms with Gasteiger partial charge in [0, 0.05) is 11.6 Å². The standard InChI is InChI=1S/C20H20FNO3/c1-24-20-10-15(12-23)19(11-22-20)25-13-14-6-2-3-7-16(14)17-8-4-5-9-18(17)21/h4-5,8-12H,2-3,6-7,13H2,1H3. The number of allylic oxidation sites excluding steroid dienone is 1. The molecule has 130 valence electrons. The first-order valence-corrected chi connectivity index (χ1v) is 8.30. The number of methoxy groups -OCH3 is 1. The maximum atomic E-state index is 14.2. The van der Waals surface area contributed by atoms with E-state index >= 15 is 0 Å². The van der Waals surface area contributed by atoms with Crippen molar-refractivity contribution in [2.45, 2.75) is 25.7 Å². The van der Waals surface area contributed by atoms with Crippen molar-refractivity contribution in [2.75, 3.05) is 13.7 Å². The molecule has 1 aromatic heterocycles. The Balaban J connectivity index is 1.85. The number of hydrogen-bond acceptors (Lipinski definition) is 4. The fourth-order valence-electron chi connectivity index (χ4n) is 3.09. The first kappa shape index (κ1) is 17.1. The Hall–Kier alpha value is -2.69. The number of rotatable bonds is 6. The molecular formula is C20H20FNO3. The molecule has 0 amide bonds. The Kier molecular flexibility index (Phi) is 5.43. The van der Waals surface area contributed by atoms with Crippen LogP contribution in [0.4, 0.5) is 4.39 Å². The van der Waals surface area contributed by atoms with E-state index < -0.39 is 0 Å². The van der Waals surface area contributed by atoms with Gasteiger partial charge in [-0.2, -0.15) is 0 Å². The highest BCUT2D eigenvalue weighted by atomic mass is 19.1. The molecule has 0 fully saturated rings. The summed E-state index contributed by atoms with van der Waals surface area (Å²) >= 11 is 0. The lowest BCUT2D eigenvalue weighted by molar-refractivity contribution is 0.111. The number of nitrogens with zero attached hydrogens (tertiary/aromatic N) is 1. The molecule has 1 aromatic carbocycles. The molecule has 0 bridgehead atoms. The highest BCUT2D eigenvalue weighted by molar-refractivity contribution is 5.79. The van der Waals surface area contributed by atoms with E-state index in [2.05, 4.69) is 4.98 Å². The fourth-order valence-corrected chi connectivity index (χ4v) is 3.09. The van der Waals surface area contributed by atoms with Gasteiger partial charge < -0.3 is 9.47 Å². The van der Waals surface area contributed by atoms with Gasteiger partial charge in [-0.25, -0.2) is 9.37 Å². The van der Waals surface area contributed by atoms with Gasteiger partial charge in [0.15, 0.2) is 6.29 Å². The van der Waals surface area contributed by atoms with Crippen molar-refractivity contribution in [3.8, 4) is 11.6 Å². The monoisotopic (exact) mass is 341 g/mol. The summed E-state index contributed by atoms with van der Waals surface area (Å²) in [5, 5.41) is 0. The van der Waals surface area contributed by atoms with Crippen molar-refractivity contribution in [2.24, 2.45) is 0 Å². The molecule has 1 aliphatic rings. The molecule has 1 aliphatic carbocycles. The van der Waals surface area contributed by atoms with Crippen molar-refractivity contribution in [3.63, 3.8) is 0 Å². The summed E-state index contributed by atoms with van der Waals surface area (Å²) in [4.78, 5) is 15.3. The SMILES string of the molecule is COc1cc(C=O)c(OCC2=C(c3ccccc3F)CCCC2)cn1. The van der Waals surface area contributed by atoms with Gasteiger partial charge in [-0.3, -0.25) is 4.79 Å². The molecule has 0 N–H and O–H groups in total. The van der Waals surface area contributed by atoms with Gasteiger partial charge in [0.2, 0.25) is 5.88 Å². The van der Waals surface area contributed by atoms with Gasteiger partial charge in [-0.05, 0) is 42.9 Å². The average Bonchev–Trinajstić information content (AvgIpc) is 2.67. The lowest BCUT2D eigenvalue weighted by atomic mass is 9.87. The first-order chi connectivity index (χ1) is 12.2. The van der Waals surface area contributed by atoms with Crippen LogP contribution in [0.5, 0.6) is 11.6 Å². The number of aromatic nitrogens is 1. The minimum Gasteiger partial charge on any atom is -0.487 e. The van der Waals surface area contributed by atoms with Crippen LogP contribution >= 0.6 is 0 Å². The number of benzene rings is 1. The van der Waals surface area contributed by atoms with Crippen LogP contribution in [0.3, 0.4) is 0 Å². The Bertz CT molecular complexity index is 801. The molecule has 25 heavy (non-hydrogen) atoms. The summed E-state index contributed by atoms with van der Waals surface area (Å²) in [5.74, 6) is 0.553. The highest BCUT2D eigenvalue weighted by Gasteiger charge is 2.18. The third-order valence-electron chi connectivity index (χ3n) is 4.39. The molecule has 5 heteroatoms. The Morgan fingerprint density at radius 1 is 1.24 bits per heavy atom. The summed E-state index contributed by atoms with van der Waals surface area (Å²) < 4.78 is 25.0. The number of carbonyl (C=O) groups excluding carboxylic acids is 1.